The summed E-state index contributed by atoms with van der Waals surface area (Å²) in [7, 11) is 1.62. The Morgan fingerprint density at radius 2 is 1.84 bits per heavy atom. The molecule has 38 heavy (non-hydrogen) atoms. The van der Waals surface area contributed by atoms with Gasteiger partial charge >= 0.3 is 6.03 Å². The molecule has 2 N–H and O–H groups in total. The standard InChI is InChI=1S/C30H28N4O4/c1-4-18-7-5-6-8-24(18)32-27(35)19-9-11-20(12-10-19)34-28(36)30(2)26-22(15-16-33(30)29(34)37)23-17-21(38-3)13-14-25(23)31-26/h5-14,17,31H,4,15-16H2,1-3H3,(H,32,35). The number of ether oxygens (including phenoxy) is 1. The fraction of sp³-hybridized carbons (Fsp3) is 0.233. The van der Waals surface area contributed by atoms with Gasteiger partial charge in [0.05, 0.1) is 18.5 Å². The normalized spacial score (nSPS) is 18.5. The number of aromatic amines is 1. The van der Waals surface area contributed by atoms with Crippen LogP contribution in [0, 0.1) is 0 Å². The molecule has 4 amide bonds. The number of nitrogens with zero attached hydrogens (tertiary/aromatic N) is 2. The number of carbonyl (C=O) groups excluding carboxylic acids is 3. The number of H-pyrrole nitrogens is 1. The van der Waals surface area contributed by atoms with Crippen molar-refractivity contribution in [3.8, 4) is 5.75 Å². The molecule has 0 bridgehead atoms. The number of nitrogens with one attached hydrogen (secondary N) is 2. The molecule has 0 aliphatic carbocycles. The third kappa shape index (κ3) is 3.40. The lowest BCUT2D eigenvalue weighted by Crippen LogP contribution is -2.49. The zero-order chi connectivity index (χ0) is 26.6. The highest BCUT2D eigenvalue weighted by Crippen LogP contribution is 2.45. The smallest absolute Gasteiger partial charge is 0.332 e. The fourth-order valence-electron chi connectivity index (χ4n) is 5.68. The largest absolute Gasteiger partial charge is 0.497 e. The minimum absolute atomic E-state index is 0.251. The second kappa shape index (κ2) is 8.76. The van der Waals surface area contributed by atoms with Gasteiger partial charge in [0.1, 0.15) is 5.75 Å². The molecule has 6 rings (SSSR count). The van der Waals surface area contributed by atoms with Crippen LogP contribution in [0.4, 0.5) is 16.2 Å². The van der Waals surface area contributed by atoms with E-state index in [1.54, 1.807) is 43.2 Å². The molecular formula is C30H28N4O4. The number of benzene rings is 3. The minimum Gasteiger partial charge on any atom is -0.497 e. The summed E-state index contributed by atoms with van der Waals surface area (Å²) in [6.45, 7) is 4.25. The molecule has 2 aliphatic heterocycles. The van der Waals surface area contributed by atoms with Crippen LogP contribution in [0.5, 0.6) is 5.75 Å². The first-order valence-electron chi connectivity index (χ1n) is 12.7. The van der Waals surface area contributed by atoms with Crippen molar-refractivity contribution in [2.24, 2.45) is 0 Å². The molecule has 4 aromatic rings. The monoisotopic (exact) mass is 508 g/mol. The number of urea groups is 1. The maximum absolute atomic E-state index is 13.9. The van der Waals surface area contributed by atoms with Gasteiger partial charge in [0.2, 0.25) is 0 Å². The number of hydrogen-bond donors (Lipinski definition) is 2. The molecule has 3 heterocycles. The van der Waals surface area contributed by atoms with Crippen molar-refractivity contribution >= 4 is 40.1 Å². The molecule has 8 nitrogen and oxygen atoms in total. The van der Waals surface area contributed by atoms with Crippen molar-refractivity contribution in [1.29, 1.82) is 0 Å². The van der Waals surface area contributed by atoms with E-state index in [2.05, 4.69) is 10.3 Å². The number of anilines is 2. The van der Waals surface area contributed by atoms with Crippen LogP contribution < -0.4 is 15.0 Å². The quantitative estimate of drug-likeness (QED) is 0.361. The Kier molecular flexibility index (Phi) is 5.48. The molecule has 1 saturated heterocycles. The summed E-state index contributed by atoms with van der Waals surface area (Å²) < 4.78 is 5.40. The molecule has 2 aliphatic rings. The van der Waals surface area contributed by atoms with Crippen LogP contribution in [0.3, 0.4) is 0 Å². The molecule has 1 atom stereocenters. The van der Waals surface area contributed by atoms with Gasteiger partial charge < -0.3 is 19.9 Å². The van der Waals surface area contributed by atoms with Gasteiger partial charge in [-0.05, 0) is 79.4 Å². The van der Waals surface area contributed by atoms with Crippen LogP contribution >= 0.6 is 0 Å². The van der Waals surface area contributed by atoms with E-state index in [0.29, 0.717) is 24.2 Å². The van der Waals surface area contributed by atoms with E-state index < -0.39 is 5.54 Å². The summed E-state index contributed by atoms with van der Waals surface area (Å²) in [5, 5.41) is 3.95. The maximum Gasteiger partial charge on any atom is 0.332 e. The summed E-state index contributed by atoms with van der Waals surface area (Å²) in [4.78, 5) is 46.6. The van der Waals surface area contributed by atoms with Gasteiger partial charge in [-0.1, -0.05) is 25.1 Å². The summed E-state index contributed by atoms with van der Waals surface area (Å²) in [5.41, 5.74) is 4.19. The number of rotatable bonds is 5. The van der Waals surface area contributed by atoms with Crippen LogP contribution in [0.1, 0.15) is 41.0 Å². The first kappa shape index (κ1) is 23.8. The van der Waals surface area contributed by atoms with E-state index >= 15 is 0 Å². The molecule has 0 spiro atoms. The Balaban J connectivity index is 1.30. The van der Waals surface area contributed by atoms with Gasteiger partial charge in [0, 0.05) is 28.7 Å². The molecule has 0 radical (unpaired) electrons. The Bertz CT molecular complexity index is 1610. The van der Waals surface area contributed by atoms with E-state index in [9.17, 15) is 14.4 Å². The summed E-state index contributed by atoms with van der Waals surface area (Å²) >= 11 is 0. The number of carbonyl (C=O) groups is 3. The third-order valence-corrected chi connectivity index (χ3v) is 7.80. The van der Waals surface area contributed by atoms with Gasteiger partial charge in [-0.15, -0.1) is 0 Å². The molecule has 8 heteroatoms. The molecular weight excluding hydrogens is 480 g/mol. The Morgan fingerprint density at radius 1 is 1.08 bits per heavy atom. The lowest BCUT2D eigenvalue weighted by Gasteiger charge is -2.35. The van der Waals surface area contributed by atoms with Crippen LogP contribution in [-0.4, -0.2) is 41.4 Å². The molecule has 3 aromatic carbocycles. The van der Waals surface area contributed by atoms with Crippen molar-refractivity contribution < 1.29 is 19.1 Å². The highest BCUT2D eigenvalue weighted by molar-refractivity contribution is 6.23. The van der Waals surface area contributed by atoms with E-state index in [4.69, 9.17) is 4.74 Å². The second-order valence-electron chi connectivity index (χ2n) is 9.80. The Hall–Kier alpha value is -4.59. The average molecular weight is 509 g/mol. The predicted molar refractivity (Wildman–Crippen MR) is 146 cm³/mol. The third-order valence-electron chi connectivity index (χ3n) is 7.80. The number of amides is 4. The highest BCUT2D eigenvalue weighted by atomic mass is 16.5. The molecule has 0 saturated carbocycles. The average Bonchev–Trinajstić information content (AvgIpc) is 3.41. The maximum atomic E-state index is 13.9. The van der Waals surface area contributed by atoms with Gasteiger partial charge in [-0.3, -0.25) is 9.59 Å². The topological polar surface area (TPSA) is 94.7 Å². The van der Waals surface area contributed by atoms with Crippen LogP contribution in [0.15, 0.2) is 66.7 Å². The molecule has 192 valence electrons. The van der Waals surface area contributed by atoms with Gasteiger partial charge in [-0.25, -0.2) is 9.69 Å². The first-order chi connectivity index (χ1) is 18.4. The SMILES string of the molecule is CCc1ccccc1NC(=O)c1ccc(N2C(=O)N3CCc4c([nH]c5ccc(OC)cc45)C3(C)C2=O)cc1. The van der Waals surface area contributed by atoms with Crippen LogP contribution in [0.25, 0.3) is 10.9 Å². The van der Waals surface area contributed by atoms with Crippen LogP contribution in [0.2, 0.25) is 0 Å². The van der Waals surface area contributed by atoms with Gasteiger partial charge in [-0.2, -0.15) is 0 Å². The lowest BCUT2D eigenvalue weighted by molar-refractivity contribution is -0.125. The van der Waals surface area contributed by atoms with Crippen molar-refractivity contribution in [1.82, 2.24) is 9.88 Å². The summed E-state index contributed by atoms with van der Waals surface area (Å²) in [5.74, 6) is 0.166. The lowest BCUT2D eigenvalue weighted by atomic mass is 9.87. The zero-order valence-electron chi connectivity index (χ0n) is 21.5. The van der Waals surface area contributed by atoms with Crippen LogP contribution in [-0.2, 0) is 23.2 Å². The molecule has 1 fully saturated rings. The summed E-state index contributed by atoms with van der Waals surface area (Å²) in [6.07, 6.45) is 1.43. The van der Waals surface area contributed by atoms with E-state index in [-0.39, 0.29) is 17.8 Å². The fourth-order valence-corrected chi connectivity index (χ4v) is 5.68. The second-order valence-corrected chi connectivity index (χ2v) is 9.80. The zero-order valence-corrected chi connectivity index (χ0v) is 21.5. The van der Waals surface area contributed by atoms with Crippen molar-refractivity contribution in [2.75, 3.05) is 23.9 Å². The number of fused-ring (bicyclic) bond motifs is 5. The Morgan fingerprint density at radius 3 is 2.58 bits per heavy atom. The van der Waals surface area contributed by atoms with E-state index in [1.807, 2.05) is 49.4 Å². The van der Waals surface area contributed by atoms with E-state index in [0.717, 1.165) is 45.6 Å². The number of aryl methyl sites for hydroxylation is 1. The summed E-state index contributed by atoms with van der Waals surface area (Å²) in [6, 6.07) is 19.7. The van der Waals surface area contributed by atoms with Crippen molar-refractivity contribution in [3.63, 3.8) is 0 Å². The molecule has 1 unspecified atom stereocenters. The first-order valence-corrected chi connectivity index (χ1v) is 12.7. The van der Waals surface area contributed by atoms with Crippen molar-refractivity contribution in [3.05, 3.63) is 89.1 Å². The van der Waals surface area contributed by atoms with Gasteiger partial charge in [0.15, 0.2) is 5.54 Å². The predicted octanol–water partition coefficient (Wildman–Crippen LogP) is 5.23. The van der Waals surface area contributed by atoms with E-state index in [1.165, 1.54) is 4.90 Å². The highest BCUT2D eigenvalue weighted by Gasteiger charge is 2.59. The van der Waals surface area contributed by atoms with Crippen molar-refractivity contribution in [2.45, 2.75) is 32.2 Å². The number of methoxy groups -OCH3 is 1. The number of para-hydroxylation sites is 1. The number of aromatic nitrogens is 1. The molecule has 1 aromatic heterocycles. The minimum atomic E-state index is -1.16. The Labute approximate surface area is 220 Å². The number of hydrogen-bond acceptors (Lipinski definition) is 4. The number of imide groups is 1. The van der Waals surface area contributed by atoms with Gasteiger partial charge in [0.25, 0.3) is 11.8 Å².